The zero-order chi connectivity index (χ0) is 26.2. The SMILES string of the molecule is CN(C)S(=O)(=O)NC(=O)c1cnc2ccc(N3CCC[C@@H]3c3cc(F)ccc3OC3CCOCC3)cn12. The van der Waals surface area contributed by atoms with Gasteiger partial charge in [-0.15, -0.1) is 0 Å². The van der Waals surface area contributed by atoms with Gasteiger partial charge in [0.1, 0.15) is 29.0 Å². The van der Waals surface area contributed by atoms with Gasteiger partial charge in [-0.1, -0.05) is 0 Å². The molecule has 2 aliphatic rings. The molecule has 0 unspecified atom stereocenters. The van der Waals surface area contributed by atoms with Crippen molar-refractivity contribution in [3.8, 4) is 5.75 Å². The minimum Gasteiger partial charge on any atom is -0.490 e. The van der Waals surface area contributed by atoms with Crippen LogP contribution in [-0.4, -0.2) is 68.0 Å². The number of fused-ring (bicyclic) bond motifs is 1. The lowest BCUT2D eigenvalue weighted by atomic mass is 10.0. The number of nitrogens with one attached hydrogen (secondary N) is 1. The van der Waals surface area contributed by atoms with Crippen LogP contribution in [0.4, 0.5) is 10.1 Å². The molecule has 12 heteroatoms. The van der Waals surface area contributed by atoms with E-state index in [1.54, 1.807) is 28.8 Å². The molecule has 2 aromatic heterocycles. The number of hydrogen-bond donors (Lipinski definition) is 1. The van der Waals surface area contributed by atoms with Gasteiger partial charge in [-0.25, -0.2) is 14.1 Å². The maximum atomic E-state index is 14.4. The molecule has 0 saturated carbocycles. The quantitative estimate of drug-likeness (QED) is 0.500. The first-order valence-electron chi connectivity index (χ1n) is 12.2. The summed E-state index contributed by atoms with van der Waals surface area (Å²) in [7, 11) is -1.29. The smallest absolute Gasteiger partial charge is 0.303 e. The molecule has 10 nitrogen and oxygen atoms in total. The second-order valence-corrected chi connectivity index (χ2v) is 11.3. The molecular formula is C25H30FN5O5S. The van der Waals surface area contributed by atoms with Crippen LogP contribution in [-0.2, 0) is 14.9 Å². The van der Waals surface area contributed by atoms with E-state index in [1.165, 1.54) is 26.4 Å². The van der Waals surface area contributed by atoms with Crippen LogP contribution in [0.3, 0.4) is 0 Å². The van der Waals surface area contributed by atoms with Crippen molar-refractivity contribution in [1.82, 2.24) is 18.4 Å². The lowest BCUT2D eigenvalue weighted by molar-refractivity contribution is 0.0250. The minimum atomic E-state index is -3.96. The number of aromatic nitrogens is 2. The van der Waals surface area contributed by atoms with Crippen LogP contribution in [0.1, 0.15) is 47.8 Å². The standard InChI is InChI=1S/C25H30FN5O5S/c1-29(2)37(33,34)28-25(32)22-15-27-24-8-6-18(16-31(22)24)30-11-3-4-21(30)20-14-17(26)5-7-23(20)36-19-9-12-35-13-10-19/h5-8,14-16,19,21H,3-4,9-13H2,1-2H3,(H,28,32)/t21-/m1/s1. The lowest BCUT2D eigenvalue weighted by Crippen LogP contribution is -2.39. The number of benzene rings is 1. The summed E-state index contributed by atoms with van der Waals surface area (Å²) >= 11 is 0. The van der Waals surface area contributed by atoms with Gasteiger partial charge in [0.05, 0.1) is 31.1 Å². The summed E-state index contributed by atoms with van der Waals surface area (Å²) in [5.74, 6) is -0.441. The third kappa shape index (κ3) is 5.27. The zero-order valence-electron chi connectivity index (χ0n) is 20.8. The maximum absolute atomic E-state index is 14.4. The normalized spacial score (nSPS) is 19.0. The van der Waals surface area contributed by atoms with Crippen LogP contribution in [0.2, 0.25) is 0 Å². The van der Waals surface area contributed by atoms with Crippen LogP contribution in [0, 0.1) is 5.82 Å². The van der Waals surface area contributed by atoms with Gasteiger partial charge in [0.25, 0.3) is 5.91 Å². The van der Waals surface area contributed by atoms with Gasteiger partial charge in [0.15, 0.2) is 0 Å². The van der Waals surface area contributed by atoms with Gasteiger partial charge in [-0.3, -0.25) is 9.20 Å². The van der Waals surface area contributed by atoms with E-state index in [1.807, 2.05) is 10.8 Å². The molecule has 0 bridgehead atoms. The molecule has 1 amide bonds. The monoisotopic (exact) mass is 531 g/mol. The van der Waals surface area contributed by atoms with Gasteiger partial charge in [-0.2, -0.15) is 12.7 Å². The second-order valence-electron chi connectivity index (χ2n) is 9.44. The van der Waals surface area contributed by atoms with Gasteiger partial charge in [-0.05, 0) is 43.2 Å². The number of carbonyl (C=O) groups is 1. The molecule has 4 heterocycles. The Morgan fingerprint density at radius 2 is 1.97 bits per heavy atom. The van der Waals surface area contributed by atoms with Crippen molar-refractivity contribution < 1.29 is 27.1 Å². The van der Waals surface area contributed by atoms with E-state index in [0.29, 0.717) is 24.6 Å². The predicted molar refractivity (Wildman–Crippen MR) is 135 cm³/mol. The largest absolute Gasteiger partial charge is 0.490 e. The molecule has 2 fully saturated rings. The van der Waals surface area contributed by atoms with Crippen molar-refractivity contribution in [2.75, 3.05) is 38.8 Å². The van der Waals surface area contributed by atoms with Crippen molar-refractivity contribution >= 4 is 27.5 Å². The molecule has 2 saturated heterocycles. The van der Waals surface area contributed by atoms with Crippen molar-refractivity contribution in [3.05, 3.63) is 59.8 Å². The number of amides is 1. The summed E-state index contributed by atoms with van der Waals surface area (Å²) in [6.45, 7) is 2.02. The number of carbonyl (C=O) groups excluding carboxylic acids is 1. The summed E-state index contributed by atoms with van der Waals surface area (Å²) in [4.78, 5) is 19.2. The molecule has 0 aliphatic carbocycles. The Labute approximate surface area is 215 Å². The molecule has 1 atom stereocenters. The van der Waals surface area contributed by atoms with Crippen molar-refractivity contribution in [2.24, 2.45) is 0 Å². The summed E-state index contributed by atoms with van der Waals surface area (Å²) in [5, 5.41) is 0. The molecule has 2 aliphatic heterocycles. The summed E-state index contributed by atoms with van der Waals surface area (Å²) in [6, 6.07) is 8.20. The molecular weight excluding hydrogens is 501 g/mol. The fraction of sp³-hybridized carbons (Fsp3) is 0.440. The highest BCUT2D eigenvalue weighted by Gasteiger charge is 2.31. The van der Waals surface area contributed by atoms with Crippen LogP contribution in [0.15, 0.2) is 42.7 Å². The molecule has 5 rings (SSSR count). The highest BCUT2D eigenvalue weighted by Crippen LogP contribution is 2.41. The first kappa shape index (κ1) is 25.4. The summed E-state index contributed by atoms with van der Waals surface area (Å²) in [5.41, 5.74) is 2.18. The van der Waals surface area contributed by atoms with E-state index in [-0.39, 0.29) is 23.7 Å². The van der Waals surface area contributed by atoms with Crippen molar-refractivity contribution in [1.29, 1.82) is 0 Å². The molecule has 0 spiro atoms. The second kappa shape index (κ2) is 10.3. The Balaban J connectivity index is 1.45. The molecule has 3 aromatic rings. The van der Waals surface area contributed by atoms with Gasteiger partial charge in [0.2, 0.25) is 0 Å². The highest BCUT2D eigenvalue weighted by molar-refractivity contribution is 7.87. The van der Waals surface area contributed by atoms with Gasteiger partial charge in [0, 0.05) is 45.2 Å². The molecule has 1 N–H and O–H groups in total. The van der Waals surface area contributed by atoms with E-state index < -0.39 is 16.1 Å². The molecule has 1 aromatic carbocycles. The van der Waals surface area contributed by atoms with Crippen LogP contribution in [0.25, 0.3) is 5.65 Å². The van der Waals surface area contributed by atoms with Crippen molar-refractivity contribution in [3.63, 3.8) is 0 Å². The Bertz CT molecular complexity index is 1400. The topological polar surface area (TPSA) is 105 Å². The number of imidazole rings is 1. The van der Waals surface area contributed by atoms with E-state index in [9.17, 15) is 17.6 Å². The number of nitrogens with zero attached hydrogens (tertiary/aromatic N) is 4. The van der Waals surface area contributed by atoms with Crippen LogP contribution < -0.4 is 14.4 Å². The Morgan fingerprint density at radius 1 is 1.19 bits per heavy atom. The fourth-order valence-corrected chi connectivity index (χ4v) is 5.35. The molecule has 0 radical (unpaired) electrons. The lowest BCUT2D eigenvalue weighted by Gasteiger charge is -2.30. The number of ether oxygens (including phenoxy) is 2. The van der Waals surface area contributed by atoms with Gasteiger partial charge < -0.3 is 14.4 Å². The number of pyridine rings is 1. The number of halogens is 1. The van der Waals surface area contributed by atoms with Crippen LogP contribution >= 0.6 is 0 Å². The maximum Gasteiger partial charge on any atom is 0.303 e. The zero-order valence-corrected chi connectivity index (χ0v) is 21.6. The van der Waals surface area contributed by atoms with E-state index in [0.717, 1.165) is 47.8 Å². The minimum absolute atomic E-state index is 0.0228. The first-order valence-corrected chi connectivity index (χ1v) is 13.7. The summed E-state index contributed by atoms with van der Waals surface area (Å²) in [6.07, 6.45) is 6.41. The van der Waals surface area contributed by atoms with E-state index >= 15 is 0 Å². The molecule has 198 valence electrons. The average molecular weight is 532 g/mol. The Kier molecular flexibility index (Phi) is 7.06. The van der Waals surface area contributed by atoms with E-state index in [2.05, 4.69) is 9.88 Å². The third-order valence-corrected chi connectivity index (χ3v) is 8.21. The van der Waals surface area contributed by atoms with E-state index in [4.69, 9.17) is 9.47 Å². The summed E-state index contributed by atoms with van der Waals surface area (Å²) < 4.78 is 55.0. The highest BCUT2D eigenvalue weighted by atomic mass is 32.2. The third-order valence-electron chi connectivity index (χ3n) is 6.80. The number of rotatable bonds is 7. The first-order chi connectivity index (χ1) is 17.7. The van der Waals surface area contributed by atoms with Crippen LogP contribution in [0.5, 0.6) is 5.75 Å². The Hall–Kier alpha value is -3.22. The average Bonchev–Trinajstić information content (AvgIpc) is 3.52. The Morgan fingerprint density at radius 3 is 2.73 bits per heavy atom. The van der Waals surface area contributed by atoms with Crippen molar-refractivity contribution in [2.45, 2.75) is 37.8 Å². The van der Waals surface area contributed by atoms with Gasteiger partial charge >= 0.3 is 10.2 Å². The fourth-order valence-electron chi connectivity index (χ4n) is 4.83. The number of hydrogen-bond acceptors (Lipinski definition) is 7. The molecule has 37 heavy (non-hydrogen) atoms. The number of anilines is 1. The predicted octanol–water partition coefficient (Wildman–Crippen LogP) is 2.91.